The summed E-state index contributed by atoms with van der Waals surface area (Å²) in [5, 5.41) is 3.54. The summed E-state index contributed by atoms with van der Waals surface area (Å²) < 4.78 is 11.1. The van der Waals surface area contributed by atoms with E-state index in [1.54, 1.807) is 0 Å². The highest BCUT2D eigenvalue weighted by Crippen LogP contribution is 2.30. The highest BCUT2D eigenvalue weighted by atomic mass is 16.6. The molecule has 0 radical (unpaired) electrons. The van der Waals surface area contributed by atoms with Crippen LogP contribution in [0.2, 0.25) is 0 Å². The molecular weight excluding hydrogens is 238 g/mol. The van der Waals surface area contributed by atoms with Gasteiger partial charge < -0.3 is 14.8 Å². The first-order valence-corrected chi connectivity index (χ1v) is 7.51. The van der Waals surface area contributed by atoms with Crippen LogP contribution in [0.1, 0.15) is 37.7 Å². The monoisotopic (exact) mass is 261 g/mol. The van der Waals surface area contributed by atoms with Crippen LogP contribution in [0.15, 0.2) is 18.2 Å². The summed E-state index contributed by atoms with van der Waals surface area (Å²) in [6, 6.07) is 6.23. The highest BCUT2D eigenvalue weighted by molar-refractivity contribution is 5.43. The standard InChI is InChI=1S/C16H23NO2/c1-2-4-13(3-1)7-8-17-12-14-5-6-15-16(11-14)19-10-9-18-15/h5-6,11,13,17H,1-4,7-10,12H2. The average molecular weight is 261 g/mol. The van der Waals surface area contributed by atoms with E-state index in [9.17, 15) is 0 Å². The number of hydrogen-bond acceptors (Lipinski definition) is 3. The van der Waals surface area contributed by atoms with Crippen molar-refractivity contribution in [3.8, 4) is 11.5 Å². The fraction of sp³-hybridized carbons (Fsp3) is 0.625. The second-order valence-corrected chi connectivity index (χ2v) is 5.59. The molecule has 3 rings (SSSR count). The Kier molecular flexibility index (Phi) is 4.23. The Labute approximate surface area is 115 Å². The van der Waals surface area contributed by atoms with E-state index in [-0.39, 0.29) is 0 Å². The Morgan fingerprint density at radius 2 is 1.84 bits per heavy atom. The number of hydrogen-bond donors (Lipinski definition) is 1. The van der Waals surface area contributed by atoms with Crippen LogP contribution < -0.4 is 14.8 Å². The highest BCUT2D eigenvalue weighted by Gasteiger charge is 2.14. The van der Waals surface area contributed by atoms with E-state index in [0.717, 1.165) is 30.5 Å². The smallest absolute Gasteiger partial charge is 0.161 e. The molecule has 1 saturated carbocycles. The maximum atomic E-state index is 5.60. The van der Waals surface area contributed by atoms with Crippen molar-refractivity contribution in [2.75, 3.05) is 19.8 Å². The molecule has 1 aliphatic carbocycles. The van der Waals surface area contributed by atoms with E-state index in [1.807, 2.05) is 6.07 Å². The molecular formula is C16H23NO2. The minimum Gasteiger partial charge on any atom is -0.486 e. The molecule has 1 heterocycles. The van der Waals surface area contributed by atoms with E-state index in [4.69, 9.17) is 9.47 Å². The number of fused-ring (bicyclic) bond motifs is 1. The molecule has 3 nitrogen and oxygen atoms in total. The third-order valence-corrected chi connectivity index (χ3v) is 4.14. The predicted octanol–water partition coefficient (Wildman–Crippen LogP) is 3.13. The van der Waals surface area contributed by atoms with Crippen molar-refractivity contribution in [2.24, 2.45) is 5.92 Å². The lowest BCUT2D eigenvalue weighted by atomic mass is 10.0. The molecule has 0 saturated heterocycles. The Morgan fingerprint density at radius 1 is 1.05 bits per heavy atom. The molecule has 0 atom stereocenters. The molecule has 0 spiro atoms. The number of nitrogens with one attached hydrogen (secondary N) is 1. The lowest BCUT2D eigenvalue weighted by Gasteiger charge is -2.19. The zero-order chi connectivity index (χ0) is 12.9. The number of benzene rings is 1. The molecule has 19 heavy (non-hydrogen) atoms. The second kappa shape index (κ2) is 6.29. The van der Waals surface area contributed by atoms with Gasteiger partial charge in [-0.15, -0.1) is 0 Å². The predicted molar refractivity (Wildman–Crippen MR) is 75.7 cm³/mol. The lowest BCUT2D eigenvalue weighted by molar-refractivity contribution is 0.171. The Balaban J connectivity index is 1.44. The summed E-state index contributed by atoms with van der Waals surface area (Å²) in [6.45, 7) is 3.36. The summed E-state index contributed by atoms with van der Waals surface area (Å²) in [5.74, 6) is 2.73. The zero-order valence-corrected chi connectivity index (χ0v) is 11.5. The van der Waals surface area contributed by atoms with Crippen LogP contribution in [-0.2, 0) is 6.54 Å². The molecule has 0 amide bonds. The van der Waals surface area contributed by atoms with Crippen LogP contribution in [0.3, 0.4) is 0 Å². The normalized spacial score (nSPS) is 18.7. The van der Waals surface area contributed by atoms with Crippen LogP contribution in [0.4, 0.5) is 0 Å². The lowest BCUT2D eigenvalue weighted by Crippen LogP contribution is -2.18. The minimum absolute atomic E-state index is 0.658. The van der Waals surface area contributed by atoms with E-state index >= 15 is 0 Å². The van der Waals surface area contributed by atoms with Crippen LogP contribution in [0, 0.1) is 5.92 Å². The van der Waals surface area contributed by atoms with E-state index in [0.29, 0.717) is 13.2 Å². The van der Waals surface area contributed by atoms with Crippen molar-refractivity contribution >= 4 is 0 Å². The topological polar surface area (TPSA) is 30.5 Å². The Bertz CT molecular complexity index is 413. The van der Waals surface area contributed by atoms with Gasteiger partial charge in [0.05, 0.1) is 0 Å². The molecule has 0 aromatic heterocycles. The SMILES string of the molecule is c1cc2c(cc1CNCCC1CCCC1)OCCO2. The Hall–Kier alpha value is -1.22. The molecule has 1 aromatic rings. The van der Waals surface area contributed by atoms with Crippen molar-refractivity contribution < 1.29 is 9.47 Å². The first-order chi connectivity index (χ1) is 9.42. The van der Waals surface area contributed by atoms with Gasteiger partial charge in [0, 0.05) is 6.54 Å². The maximum absolute atomic E-state index is 5.60. The summed E-state index contributed by atoms with van der Waals surface area (Å²) in [6.07, 6.45) is 7.07. The van der Waals surface area contributed by atoms with Gasteiger partial charge in [0.15, 0.2) is 11.5 Å². The quantitative estimate of drug-likeness (QED) is 0.826. The first-order valence-electron chi connectivity index (χ1n) is 7.51. The van der Waals surface area contributed by atoms with Gasteiger partial charge in [-0.2, -0.15) is 0 Å². The molecule has 2 aliphatic rings. The molecule has 1 fully saturated rings. The van der Waals surface area contributed by atoms with Crippen LogP contribution in [-0.4, -0.2) is 19.8 Å². The molecule has 1 aromatic carbocycles. The van der Waals surface area contributed by atoms with Crippen LogP contribution in [0.5, 0.6) is 11.5 Å². The van der Waals surface area contributed by atoms with Gasteiger partial charge in [-0.1, -0.05) is 31.7 Å². The van der Waals surface area contributed by atoms with Gasteiger partial charge in [-0.3, -0.25) is 0 Å². The van der Waals surface area contributed by atoms with Gasteiger partial charge in [0.1, 0.15) is 13.2 Å². The largest absolute Gasteiger partial charge is 0.486 e. The van der Waals surface area contributed by atoms with E-state index < -0.39 is 0 Å². The summed E-state index contributed by atoms with van der Waals surface area (Å²) in [7, 11) is 0. The van der Waals surface area contributed by atoms with Gasteiger partial charge >= 0.3 is 0 Å². The van der Waals surface area contributed by atoms with Gasteiger partial charge in [-0.05, 0) is 36.6 Å². The van der Waals surface area contributed by atoms with E-state index in [2.05, 4.69) is 17.4 Å². The number of rotatable bonds is 5. The fourth-order valence-corrected chi connectivity index (χ4v) is 3.04. The molecule has 3 heteroatoms. The van der Waals surface area contributed by atoms with Crippen molar-refractivity contribution in [3.05, 3.63) is 23.8 Å². The summed E-state index contributed by atoms with van der Waals surface area (Å²) in [5.41, 5.74) is 1.27. The van der Waals surface area contributed by atoms with Crippen molar-refractivity contribution in [1.29, 1.82) is 0 Å². The average Bonchev–Trinajstić information content (AvgIpc) is 2.97. The summed E-state index contributed by atoms with van der Waals surface area (Å²) >= 11 is 0. The fourth-order valence-electron chi connectivity index (χ4n) is 3.04. The molecule has 1 aliphatic heterocycles. The van der Waals surface area contributed by atoms with Crippen LogP contribution in [0.25, 0.3) is 0 Å². The molecule has 0 bridgehead atoms. The third-order valence-electron chi connectivity index (χ3n) is 4.14. The number of ether oxygens (including phenoxy) is 2. The van der Waals surface area contributed by atoms with Crippen molar-refractivity contribution in [1.82, 2.24) is 5.32 Å². The van der Waals surface area contributed by atoms with Gasteiger partial charge in [0.2, 0.25) is 0 Å². The summed E-state index contributed by atoms with van der Waals surface area (Å²) in [4.78, 5) is 0. The van der Waals surface area contributed by atoms with Crippen LogP contribution >= 0.6 is 0 Å². The van der Waals surface area contributed by atoms with Gasteiger partial charge in [-0.25, -0.2) is 0 Å². The molecule has 1 N–H and O–H groups in total. The second-order valence-electron chi connectivity index (χ2n) is 5.59. The Morgan fingerprint density at radius 3 is 2.68 bits per heavy atom. The maximum Gasteiger partial charge on any atom is 0.161 e. The van der Waals surface area contributed by atoms with E-state index in [1.165, 1.54) is 37.7 Å². The first kappa shape index (κ1) is 12.8. The van der Waals surface area contributed by atoms with Gasteiger partial charge in [0.25, 0.3) is 0 Å². The van der Waals surface area contributed by atoms with Crippen molar-refractivity contribution in [3.63, 3.8) is 0 Å². The molecule has 104 valence electrons. The molecule has 0 unspecified atom stereocenters. The third kappa shape index (κ3) is 3.41. The zero-order valence-electron chi connectivity index (χ0n) is 11.5. The van der Waals surface area contributed by atoms with Crippen molar-refractivity contribution in [2.45, 2.75) is 38.6 Å². The minimum atomic E-state index is 0.658.